The van der Waals surface area contributed by atoms with E-state index >= 15 is 0 Å². The van der Waals surface area contributed by atoms with Gasteiger partial charge in [0.15, 0.2) is 5.82 Å². The van der Waals surface area contributed by atoms with Crippen LogP contribution in [-0.2, 0) is 16.6 Å². The molecule has 0 aliphatic rings. The summed E-state index contributed by atoms with van der Waals surface area (Å²) in [5, 5.41) is 2.94. The van der Waals surface area contributed by atoms with E-state index in [0.717, 1.165) is 11.1 Å². The topological polar surface area (TPSA) is 71.1 Å². The van der Waals surface area contributed by atoms with Gasteiger partial charge in [-0.3, -0.25) is 9.71 Å². The minimum Gasteiger partial charge on any atom is -0.315 e. The fraction of sp³-hybridized carbons (Fsp3) is 0.182. The molecule has 2 aromatic rings. The van der Waals surface area contributed by atoms with Crippen molar-refractivity contribution < 1.29 is 12.8 Å². The fourth-order valence-corrected chi connectivity index (χ4v) is 5.26. The van der Waals surface area contributed by atoms with Crippen molar-refractivity contribution in [2.75, 3.05) is 11.8 Å². The summed E-state index contributed by atoms with van der Waals surface area (Å²) in [6.45, 7) is 0.558. The number of anilines is 1. The van der Waals surface area contributed by atoms with Gasteiger partial charge in [-0.25, -0.2) is 12.8 Å². The number of halogens is 2. The third-order valence-corrected chi connectivity index (χ3v) is 5.98. The predicted molar refractivity (Wildman–Crippen MR) is 79.8 cm³/mol. The first-order chi connectivity index (χ1) is 9.44. The second kappa shape index (κ2) is 6.17. The lowest BCUT2D eigenvalue weighted by Crippen LogP contribution is -2.14. The molecule has 0 saturated heterocycles. The fourth-order valence-electron chi connectivity index (χ4n) is 1.50. The van der Waals surface area contributed by atoms with E-state index in [-0.39, 0.29) is 10.6 Å². The molecule has 2 rings (SSSR count). The maximum atomic E-state index is 13.5. The normalized spacial score (nSPS) is 11.6. The standard InChI is InChI=1S/C11H11BrFN3O2S2/c1-14-5-7-4-10(11(12)19-7)20(17,18)16-9-2-3-15-6-8(9)13/h2-4,6,14H,5H2,1H3,(H,15,16). The molecule has 0 fully saturated rings. The van der Waals surface area contributed by atoms with Crippen molar-refractivity contribution >= 4 is 43.0 Å². The molecular weight excluding hydrogens is 369 g/mol. The number of nitrogens with zero attached hydrogens (tertiary/aromatic N) is 1. The predicted octanol–water partition coefficient (Wildman–Crippen LogP) is 2.56. The van der Waals surface area contributed by atoms with Crippen LogP contribution in [0.15, 0.2) is 33.2 Å². The number of pyridine rings is 1. The van der Waals surface area contributed by atoms with Gasteiger partial charge in [0.1, 0.15) is 4.90 Å². The lowest BCUT2D eigenvalue weighted by molar-refractivity contribution is 0.598. The van der Waals surface area contributed by atoms with E-state index < -0.39 is 15.8 Å². The first-order valence-corrected chi connectivity index (χ1v) is 8.58. The summed E-state index contributed by atoms with van der Waals surface area (Å²) in [6.07, 6.45) is 2.27. The average Bonchev–Trinajstić information content (AvgIpc) is 2.74. The van der Waals surface area contributed by atoms with Crippen molar-refractivity contribution in [3.63, 3.8) is 0 Å². The maximum absolute atomic E-state index is 13.5. The van der Waals surface area contributed by atoms with Crippen molar-refractivity contribution in [1.29, 1.82) is 0 Å². The van der Waals surface area contributed by atoms with E-state index in [1.807, 2.05) is 0 Å². The zero-order valence-electron chi connectivity index (χ0n) is 10.4. The third-order valence-electron chi connectivity index (χ3n) is 2.36. The first-order valence-electron chi connectivity index (χ1n) is 5.49. The molecular formula is C11H11BrFN3O2S2. The Morgan fingerprint density at radius 1 is 1.50 bits per heavy atom. The molecule has 2 aromatic heterocycles. The van der Waals surface area contributed by atoms with Gasteiger partial charge >= 0.3 is 0 Å². The van der Waals surface area contributed by atoms with E-state index in [4.69, 9.17) is 0 Å². The van der Waals surface area contributed by atoms with Crippen LogP contribution in [-0.4, -0.2) is 20.4 Å². The minimum atomic E-state index is -3.85. The summed E-state index contributed by atoms with van der Waals surface area (Å²) in [6, 6.07) is 2.81. The van der Waals surface area contributed by atoms with E-state index in [9.17, 15) is 12.8 Å². The van der Waals surface area contributed by atoms with Gasteiger partial charge in [-0.05, 0) is 35.1 Å². The van der Waals surface area contributed by atoms with Crippen molar-refractivity contribution in [2.24, 2.45) is 0 Å². The highest BCUT2D eigenvalue weighted by atomic mass is 79.9. The monoisotopic (exact) mass is 379 g/mol. The molecule has 2 heterocycles. The van der Waals surface area contributed by atoms with Crippen LogP contribution in [0.1, 0.15) is 4.88 Å². The number of rotatable bonds is 5. The lowest BCUT2D eigenvalue weighted by Gasteiger charge is -2.07. The number of hydrogen-bond acceptors (Lipinski definition) is 5. The zero-order chi connectivity index (χ0) is 14.8. The molecule has 108 valence electrons. The quantitative estimate of drug-likeness (QED) is 0.837. The molecule has 0 unspecified atom stereocenters. The van der Waals surface area contributed by atoms with Gasteiger partial charge in [-0.2, -0.15) is 0 Å². The largest absolute Gasteiger partial charge is 0.315 e. The van der Waals surface area contributed by atoms with Gasteiger partial charge in [0.2, 0.25) is 0 Å². The number of sulfonamides is 1. The van der Waals surface area contributed by atoms with Gasteiger partial charge in [0.25, 0.3) is 10.0 Å². The Bertz CT molecular complexity index is 718. The Balaban J connectivity index is 2.33. The van der Waals surface area contributed by atoms with Crippen molar-refractivity contribution in [2.45, 2.75) is 11.4 Å². The molecule has 0 radical (unpaired) electrons. The van der Waals surface area contributed by atoms with Gasteiger partial charge in [-0.15, -0.1) is 11.3 Å². The zero-order valence-corrected chi connectivity index (χ0v) is 13.6. The van der Waals surface area contributed by atoms with Crippen LogP contribution in [0.3, 0.4) is 0 Å². The summed E-state index contributed by atoms with van der Waals surface area (Å²) < 4.78 is 40.6. The average molecular weight is 380 g/mol. The van der Waals surface area contributed by atoms with Gasteiger partial charge in [0.05, 0.1) is 15.7 Å². The Labute approximate surface area is 128 Å². The molecule has 0 amide bonds. The van der Waals surface area contributed by atoms with Gasteiger partial charge in [-0.1, -0.05) is 0 Å². The number of thiophene rings is 1. The van der Waals surface area contributed by atoms with E-state index in [1.165, 1.54) is 23.6 Å². The van der Waals surface area contributed by atoms with Crippen LogP contribution < -0.4 is 10.0 Å². The van der Waals surface area contributed by atoms with Crippen LogP contribution in [0.25, 0.3) is 0 Å². The summed E-state index contributed by atoms with van der Waals surface area (Å²) in [5.41, 5.74) is -0.131. The van der Waals surface area contributed by atoms with Crippen LogP contribution in [0.4, 0.5) is 10.1 Å². The van der Waals surface area contributed by atoms with E-state index in [1.54, 1.807) is 13.1 Å². The van der Waals surface area contributed by atoms with Crippen LogP contribution in [0.2, 0.25) is 0 Å². The van der Waals surface area contributed by atoms with Crippen molar-refractivity contribution in [3.8, 4) is 0 Å². The third kappa shape index (κ3) is 3.35. The lowest BCUT2D eigenvalue weighted by atomic mass is 10.4. The molecule has 0 aliphatic carbocycles. The second-order valence-electron chi connectivity index (χ2n) is 3.84. The highest BCUT2D eigenvalue weighted by Crippen LogP contribution is 2.33. The van der Waals surface area contributed by atoms with Crippen LogP contribution >= 0.6 is 27.3 Å². The van der Waals surface area contributed by atoms with E-state index in [2.05, 4.69) is 31.0 Å². The maximum Gasteiger partial charge on any atom is 0.263 e. The van der Waals surface area contributed by atoms with Gasteiger partial charge < -0.3 is 5.32 Å². The van der Waals surface area contributed by atoms with Crippen LogP contribution in [0.5, 0.6) is 0 Å². The Kier molecular flexibility index (Phi) is 4.74. The summed E-state index contributed by atoms with van der Waals surface area (Å²) >= 11 is 4.53. The molecule has 0 bridgehead atoms. The second-order valence-corrected chi connectivity index (χ2v) is 7.95. The Morgan fingerprint density at radius 3 is 2.90 bits per heavy atom. The highest BCUT2D eigenvalue weighted by Gasteiger charge is 2.22. The first kappa shape index (κ1) is 15.4. The highest BCUT2D eigenvalue weighted by molar-refractivity contribution is 9.11. The minimum absolute atomic E-state index is 0.0870. The molecule has 0 aliphatic heterocycles. The van der Waals surface area contributed by atoms with Crippen molar-refractivity contribution in [1.82, 2.24) is 10.3 Å². The Hall–Kier alpha value is -1.03. The summed E-state index contributed by atoms with van der Waals surface area (Å²) in [5.74, 6) is -0.724. The van der Waals surface area contributed by atoms with E-state index in [0.29, 0.717) is 10.3 Å². The summed E-state index contributed by atoms with van der Waals surface area (Å²) in [7, 11) is -2.08. The summed E-state index contributed by atoms with van der Waals surface area (Å²) in [4.78, 5) is 4.51. The molecule has 0 spiro atoms. The molecule has 9 heteroatoms. The van der Waals surface area contributed by atoms with Gasteiger partial charge in [0, 0.05) is 17.6 Å². The molecule has 0 aromatic carbocycles. The molecule has 20 heavy (non-hydrogen) atoms. The molecule has 0 atom stereocenters. The smallest absolute Gasteiger partial charge is 0.263 e. The number of nitrogens with one attached hydrogen (secondary N) is 2. The number of hydrogen-bond donors (Lipinski definition) is 2. The SMILES string of the molecule is CNCc1cc(S(=O)(=O)Nc2ccncc2F)c(Br)s1. The van der Waals surface area contributed by atoms with Crippen molar-refractivity contribution in [3.05, 3.63) is 39.0 Å². The Morgan fingerprint density at radius 2 is 2.25 bits per heavy atom. The molecule has 5 nitrogen and oxygen atoms in total. The number of aromatic nitrogens is 1. The van der Waals surface area contributed by atoms with Crippen LogP contribution in [0, 0.1) is 5.82 Å². The molecule has 0 saturated carbocycles. The molecule has 2 N–H and O–H groups in total.